The van der Waals surface area contributed by atoms with Gasteiger partial charge in [0.1, 0.15) is 5.75 Å². The maximum absolute atomic E-state index is 12.7. The van der Waals surface area contributed by atoms with E-state index < -0.39 is 21.9 Å². The molecular formula is C20H22N2O7S. The highest BCUT2D eigenvalue weighted by molar-refractivity contribution is 7.89. The zero-order valence-electron chi connectivity index (χ0n) is 16.6. The second-order valence-corrected chi connectivity index (χ2v) is 8.34. The first-order valence-electron chi connectivity index (χ1n) is 9.12. The lowest BCUT2D eigenvalue weighted by atomic mass is 10.1. The molecule has 30 heavy (non-hydrogen) atoms. The second-order valence-electron chi connectivity index (χ2n) is 6.40. The number of anilines is 1. The minimum atomic E-state index is -3.65. The van der Waals surface area contributed by atoms with Crippen molar-refractivity contribution in [3.63, 3.8) is 0 Å². The van der Waals surface area contributed by atoms with Crippen LogP contribution in [0, 0.1) is 0 Å². The Morgan fingerprint density at radius 1 is 1.03 bits per heavy atom. The van der Waals surface area contributed by atoms with Crippen molar-refractivity contribution in [3.8, 4) is 5.75 Å². The molecule has 0 atom stereocenters. The smallest absolute Gasteiger partial charge is 0.340 e. The summed E-state index contributed by atoms with van der Waals surface area (Å²) < 4.78 is 41.7. The van der Waals surface area contributed by atoms with Crippen LogP contribution in [0.25, 0.3) is 0 Å². The Bertz CT molecular complexity index is 1030. The van der Waals surface area contributed by atoms with Gasteiger partial charge in [0.25, 0.3) is 5.91 Å². The molecule has 2 aromatic carbocycles. The van der Waals surface area contributed by atoms with Crippen LogP contribution in [0.15, 0.2) is 47.4 Å². The molecule has 0 aromatic heterocycles. The quantitative estimate of drug-likeness (QED) is 0.690. The van der Waals surface area contributed by atoms with Gasteiger partial charge in [0, 0.05) is 18.7 Å². The number of benzene rings is 2. The maximum Gasteiger partial charge on any atom is 0.340 e. The molecule has 160 valence electrons. The van der Waals surface area contributed by atoms with Crippen molar-refractivity contribution in [2.45, 2.75) is 4.90 Å². The predicted molar refractivity (Wildman–Crippen MR) is 108 cm³/mol. The lowest BCUT2D eigenvalue weighted by molar-refractivity contribution is 0.0601. The van der Waals surface area contributed by atoms with Crippen LogP contribution in [0.5, 0.6) is 5.75 Å². The fourth-order valence-electron chi connectivity index (χ4n) is 2.95. The van der Waals surface area contributed by atoms with E-state index in [2.05, 4.69) is 5.32 Å². The molecule has 1 N–H and O–H groups in total. The van der Waals surface area contributed by atoms with Gasteiger partial charge in [-0.25, -0.2) is 13.2 Å². The molecule has 1 aliphatic heterocycles. The van der Waals surface area contributed by atoms with Crippen LogP contribution in [-0.4, -0.2) is 65.1 Å². The summed E-state index contributed by atoms with van der Waals surface area (Å²) in [5.41, 5.74) is 0.622. The number of methoxy groups -OCH3 is 2. The molecule has 1 amide bonds. The summed E-state index contributed by atoms with van der Waals surface area (Å²) in [6.07, 6.45) is 0. The van der Waals surface area contributed by atoms with Crippen molar-refractivity contribution in [1.82, 2.24) is 4.31 Å². The van der Waals surface area contributed by atoms with Gasteiger partial charge in [-0.15, -0.1) is 0 Å². The molecule has 0 radical (unpaired) electrons. The molecule has 1 saturated heterocycles. The molecule has 3 rings (SSSR count). The van der Waals surface area contributed by atoms with E-state index in [9.17, 15) is 18.0 Å². The van der Waals surface area contributed by atoms with Crippen molar-refractivity contribution in [1.29, 1.82) is 0 Å². The van der Waals surface area contributed by atoms with E-state index in [4.69, 9.17) is 14.2 Å². The van der Waals surface area contributed by atoms with Gasteiger partial charge in [-0.1, -0.05) is 0 Å². The van der Waals surface area contributed by atoms with Gasteiger partial charge in [0.05, 0.1) is 43.6 Å². The SMILES string of the molecule is COC(=O)c1cc(OC)ccc1NC(=O)c1ccc(S(=O)(=O)N2CCOCC2)cc1. The van der Waals surface area contributed by atoms with Crippen molar-refractivity contribution in [3.05, 3.63) is 53.6 Å². The Labute approximate surface area is 174 Å². The summed E-state index contributed by atoms with van der Waals surface area (Å²) in [4.78, 5) is 24.7. The molecule has 0 unspecified atom stereocenters. The topological polar surface area (TPSA) is 111 Å². The number of morpholine rings is 1. The largest absolute Gasteiger partial charge is 0.497 e. The molecule has 10 heteroatoms. The van der Waals surface area contributed by atoms with Crippen LogP contribution < -0.4 is 10.1 Å². The second kappa shape index (κ2) is 9.24. The molecule has 1 aliphatic rings. The lowest BCUT2D eigenvalue weighted by Gasteiger charge is -2.26. The number of amides is 1. The maximum atomic E-state index is 12.7. The number of nitrogens with zero attached hydrogens (tertiary/aromatic N) is 1. The Hall–Kier alpha value is -2.95. The van der Waals surface area contributed by atoms with Gasteiger partial charge in [0.2, 0.25) is 10.0 Å². The van der Waals surface area contributed by atoms with E-state index in [0.717, 1.165) is 0 Å². The Balaban J connectivity index is 1.79. The summed E-state index contributed by atoms with van der Waals surface area (Å²) in [5.74, 6) is -0.692. The number of hydrogen-bond donors (Lipinski definition) is 1. The minimum absolute atomic E-state index is 0.0978. The van der Waals surface area contributed by atoms with Gasteiger partial charge in [-0.2, -0.15) is 4.31 Å². The Morgan fingerprint density at radius 3 is 2.30 bits per heavy atom. The Kier molecular flexibility index (Phi) is 6.70. The number of esters is 1. The van der Waals surface area contributed by atoms with Crippen LogP contribution in [0.2, 0.25) is 0 Å². The van der Waals surface area contributed by atoms with Gasteiger partial charge in [-0.3, -0.25) is 4.79 Å². The normalized spacial score (nSPS) is 14.7. The fraction of sp³-hybridized carbons (Fsp3) is 0.300. The summed E-state index contributed by atoms with van der Waals surface area (Å²) in [6.45, 7) is 1.28. The highest BCUT2D eigenvalue weighted by atomic mass is 32.2. The van der Waals surface area contributed by atoms with E-state index in [-0.39, 0.29) is 21.7 Å². The van der Waals surface area contributed by atoms with Crippen molar-refractivity contribution >= 4 is 27.6 Å². The number of carbonyl (C=O) groups excluding carboxylic acids is 2. The standard InChI is InChI=1S/C20H22N2O7S/c1-27-15-5-8-18(17(13-15)20(24)28-2)21-19(23)14-3-6-16(7-4-14)30(25,26)22-9-11-29-12-10-22/h3-8,13H,9-12H2,1-2H3,(H,21,23). The lowest BCUT2D eigenvalue weighted by Crippen LogP contribution is -2.40. The number of carbonyl (C=O) groups is 2. The van der Waals surface area contributed by atoms with Crippen LogP contribution in [0.1, 0.15) is 20.7 Å². The van der Waals surface area contributed by atoms with Gasteiger partial charge >= 0.3 is 5.97 Å². The monoisotopic (exact) mass is 434 g/mol. The molecule has 2 aromatic rings. The van der Waals surface area contributed by atoms with E-state index >= 15 is 0 Å². The van der Waals surface area contributed by atoms with Crippen LogP contribution in [0.3, 0.4) is 0 Å². The third kappa shape index (κ3) is 4.61. The summed E-state index contributed by atoms with van der Waals surface area (Å²) in [6, 6.07) is 10.2. The zero-order valence-corrected chi connectivity index (χ0v) is 17.4. The fourth-order valence-corrected chi connectivity index (χ4v) is 4.35. The third-order valence-electron chi connectivity index (χ3n) is 4.60. The molecule has 0 spiro atoms. The highest BCUT2D eigenvalue weighted by Gasteiger charge is 2.26. The summed E-state index contributed by atoms with van der Waals surface area (Å²) >= 11 is 0. The molecule has 9 nitrogen and oxygen atoms in total. The highest BCUT2D eigenvalue weighted by Crippen LogP contribution is 2.24. The van der Waals surface area contributed by atoms with Crippen molar-refractivity contribution in [2.24, 2.45) is 0 Å². The number of ether oxygens (including phenoxy) is 3. The molecular weight excluding hydrogens is 412 g/mol. The zero-order chi connectivity index (χ0) is 21.7. The van der Waals surface area contributed by atoms with E-state index in [1.165, 1.54) is 54.9 Å². The molecule has 0 bridgehead atoms. The average Bonchev–Trinajstić information content (AvgIpc) is 2.79. The summed E-state index contributed by atoms with van der Waals surface area (Å²) in [5, 5.41) is 2.64. The number of nitrogens with one attached hydrogen (secondary N) is 1. The average molecular weight is 434 g/mol. The molecule has 1 fully saturated rings. The van der Waals surface area contributed by atoms with E-state index in [1.54, 1.807) is 6.07 Å². The minimum Gasteiger partial charge on any atom is -0.497 e. The number of rotatable bonds is 6. The summed E-state index contributed by atoms with van der Waals surface area (Å²) in [7, 11) is -0.949. The van der Waals surface area contributed by atoms with Gasteiger partial charge in [-0.05, 0) is 42.5 Å². The first kappa shape index (κ1) is 21.8. The van der Waals surface area contributed by atoms with Crippen molar-refractivity contribution in [2.75, 3.05) is 45.8 Å². The van der Waals surface area contributed by atoms with Gasteiger partial charge in [0.15, 0.2) is 0 Å². The van der Waals surface area contributed by atoms with Crippen LogP contribution in [-0.2, 0) is 19.5 Å². The molecule has 1 heterocycles. The molecule has 0 saturated carbocycles. The molecule has 0 aliphatic carbocycles. The first-order valence-corrected chi connectivity index (χ1v) is 10.6. The van der Waals surface area contributed by atoms with Crippen LogP contribution >= 0.6 is 0 Å². The third-order valence-corrected chi connectivity index (χ3v) is 6.52. The Morgan fingerprint density at radius 2 is 1.70 bits per heavy atom. The van der Waals surface area contributed by atoms with E-state index in [1.807, 2.05) is 0 Å². The predicted octanol–water partition coefficient (Wildman–Crippen LogP) is 1.75. The van der Waals surface area contributed by atoms with E-state index in [0.29, 0.717) is 32.1 Å². The van der Waals surface area contributed by atoms with Crippen molar-refractivity contribution < 1.29 is 32.2 Å². The van der Waals surface area contributed by atoms with Gasteiger partial charge < -0.3 is 19.5 Å². The number of hydrogen-bond acceptors (Lipinski definition) is 7. The first-order chi connectivity index (χ1) is 14.4. The van der Waals surface area contributed by atoms with Crippen LogP contribution in [0.4, 0.5) is 5.69 Å². The number of sulfonamides is 1.